The molecule has 112 valence electrons. The van der Waals surface area contributed by atoms with Gasteiger partial charge in [-0.3, -0.25) is 19.6 Å². The van der Waals surface area contributed by atoms with Crippen molar-refractivity contribution in [2.75, 3.05) is 5.32 Å². The van der Waals surface area contributed by atoms with Crippen molar-refractivity contribution < 1.29 is 9.59 Å². The van der Waals surface area contributed by atoms with Crippen LogP contribution in [-0.4, -0.2) is 22.2 Å². The number of hydrogen-bond donors (Lipinski definition) is 1. The maximum Gasteiger partial charge on any atom is 0.257 e. The first-order chi connectivity index (χ1) is 11.3. The smallest absolute Gasteiger partial charge is 0.257 e. The molecule has 1 aromatic carbocycles. The molecule has 0 aliphatic heterocycles. The number of pyridine rings is 2. The Kier molecular flexibility index (Phi) is 4.20. The number of benzene rings is 1. The van der Waals surface area contributed by atoms with Gasteiger partial charge in [0, 0.05) is 41.6 Å². The molecule has 0 spiro atoms. The number of carbonyl (C=O) groups excluding carboxylic acids is 2. The third-order valence-corrected chi connectivity index (χ3v) is 3.32. The van der Waals surface area contributed by atoms with Crippen LogP contribution >= 0.6 is 0 Å². The van der Waals surface area contributed by atoms with Crippen LogP contribution in [0.25, 0.3) is 11.1 Å². The van der Waals surface area contributed by atoms with Crippen LogP contribution in [0.1, 0.15) is 20.7 Å². The van der Waals surface area contributed by atoms with Gasteiger partial charge in [-0.1, -0.05) is 24.3 Å². The summed E-state index contributed by atoms with van der Waals surface area (Å²) in [6.07, 6.45) is 7.21. The van der Waals surface area contributed by atoms with E-state index in [0.29, 0.717) is 16.8 Å². The highest BCUT2D eigenvalue weighted by atomic mass is 16.1. The summed E-state index contributed by atoms with van der Waals surface area (Å²) < 4.78 is 0. The second-order valence-electron chi connectivity index (χ2n) is 4.89. The van der Waals surface area contributed by atoms with Gasteiger partial charge < -0.3 is 5.32 Å². The third-order valence-electron chi connectivity index (χ3n) is 3.32. The molecular weight excluding hydrogens is 290 g/mol. The lowest BCUT2D eigenvalue weighted by Crippen LogP contribution is -2.12. The van der Waals surface area contributed by atoms with Crippen LogP contribution in [0.2, 0.25) is 0 Å². The average Bonchev–Trinajstić information content (AvgIpc) is 2.63. The Morgan fingerprint density at radius 2 is 1.65 bits per heavy atom. The monoisotopic (exact) mass is 303 g/mol. The minimum atomic E-state index is -0.241. The normalized spacial score (nSPS) is 10.1. The van der Waals surface area contributed by atoms with Crippen LogP contribution in [0, 0.1) is 0 Å². The average molecular weight is 303 g/mol. The minimum absolute atomic E-state index is 0.241. The molecule has 0 atom stereocenters. The number of nitrogens with one attached hydrogen (secondary N) is 1. The number of hydrogen-bond acceptors (Lipinski definition) is 4. The number of aldehydes is 1. The second kappa shape index (κ2) is 6.62. The fourth-order valence-corrected chi connectivity index (χ4v) is 2.11. The van der Waals surface area contributed by atoms with Crippen LogP contribution in [-0.2, 0) is 0 Å². The molecule has 5 heteroatoms. The summed E-state index contributed by atoms with van der Waals surface area (Å²) >= 11 is 0. The lowest BCUT2D eigenvalue weighted by molar-refractivity contribution is 0.102. The fourth-order valence-electron chi connectivity index (χ4n) is 2.11. The summed E-state index contributed by atoms with van der Waals surface area (Å²) in [7, 11) is 0. The molecule has 0 saturated carbocycles. The summed E-state index contributed by atoms with van der Waals surface area (Å²) in [5.74, 6) is -0.241. The molecule has 3 aromatic rings. The van der Waals surface area contributed by atoms with E-state index in [9.17, 15) is 9.59 Å². The number of carbonyl (C=O) groups is 2. The van der Waals surface area contributed by atoms with Crippen molar-refractivity contribution >= 4 is 17.9 Å². The molecule has 3 rings (SSSR count). The number of amides is 1. The molecule has 1 amide bonds. The van der Waals surface area contributed by atoms with E-state index in [0.717, 1.165) is 17.4 Å². The Hall–Kier alpha value is -3.34. The van der Waals surface area contributed by atoms with E-state index in [2.05, 4.69) is 15.3 Å². The van der Waals surface area contributed by atoms with E-state index >= 15 is 0 Å². The SMILES string of the molecule is O=Cc1ccc(-c2cncc(C(=O)Nc3ccncc3)c2)cc1. The van der Waals surface area contributed by atoms with Gasteiger partial charge in [-0.25, -0.2) is 0 Å². The predicted octanol–water partition coefficient (Wildman–Crippen LogP) is 3.21. The quantitative estimate of drug-likeness (QED) is 0.751. The molecule has 23 heavy (non-hydrogen) atoms. The van der Waals surface area contributed by atoms with Gasteiger partial charge in [-0.15, -0.1) is 0 Å². The molecule has 5 nitrogen and oxygen atoms in total. The summed E-state index contributed by atoms with van der Waals surface area (Å²) in [4.78, 5) is 31.0. The molecular formula is C18H13N3O2. The first-order valence-corrected chi connectivity index (χ1v) is 6.98. The molecule has 1 N–H and O–H groups in total. The zero-order chi connectivity index (χ0) is 16.1. The van der Waals surface area contributed by atoms with E-state index in [1.807, 2.05) is 12.1 Å². The van der Waals surface area contributed by atoms with Crippen LogP contribution in [0.3, 0.4) is 0 Å². The molecule has 0 unspecified atom stereocenters. The molecule has 0 aliphatic rings. The van der Waals surface area contributed by atoms with Gasteiger partial charge in [0.1, 0.15) is 6.29 Å². The van der Waals surface area contributed by atoms with Crippen LogP contribution in [0.4, 0.5) is 5.69 Å². The van der Waals surface area contributed by atoms with Gasteiger partial charge in [0.15, 0.2) is 0 Å². The molecule has 2 heterocycles. The highest BCUT2D eigenvalue weighted by Gasteiger charge is 2.08. The van der Waals surface area contributed by atoms with E-state index in [1.165, 1.54) is 6.20 Å². The molecule has 0 aliphatic carbocycles. The Balaban J connectivity index is 1.84. The maximum absolute atomic E-state index is 12.3. The summed E-state index contributed by atoms with van der Waals surface area (Å²) in [6.45, 7) is 0. The molecule has 0 saturated heterocycles. The Labute approximate surface area is 133 Å². The number of rotatable bonds is 4. The van der Waals surface area contributed by atoms with Gasteiger partial charge in [-0.2, -0.15) is 0 Å². The molecule has 0 radical (unpaired) electrons. The standard InChI is InChI=1S/C18H13N3O2/c22-12-13-1-3-14(4-2-13)15-9-16(11-20-10-15)18(23)21-17-5-7-19-8-6-17/h1-12H,(H,19,21,23). The zero-order valence-electron chi connectivity index (χ0n) is 12.1. The number of nitrogens with zero attached hydrogens (tertiary/aromatic N) is 2. The number of anilines is 1. The van der Waals surface area contributed by atoms with Gasteiger partial charge in [0.2, 0.25) is 0 Å². The summed E-state index contributed by atoms with van der Waals surface area (Å²) in [5, 5.41) is 2.79. The Morgan fingerprint density at radius 3 is 2.35 bits per heavy atom. The zero-order valence-corrected chi connectivity index (χ0v) is 12.1. The maximum atomic E-state index is 12.3. The Morgan fingerprint density at radius 1 is 0.913 bits per heavy atom. The van der Waals surface area contributed by atoms with Crippen molar-refractivity contribution in [2.24, 2.45) is 0 Å². The highest BCUT2D eigenvalue weighted by Crippen LogP contribution is 2.20. The highest BCUT2D eigenvalue weighted by molar-refractivity contribution is 6.04. The van der Waals surface area contributed by atoms with Crippen molar-refractivity contribution in [3.8, 4) is 11.1 Å². The fraction of sp³-hybridized carbons (Fsp3) is 0. The van der Waals surface area contributed by atoms with Gasteiger partial charge >= 0.3 is 0 Å². The topological polar surface area (TPSA) is 72.0 Å². The second-order valence-corrected chi connectivity index (χ2v) is 4.89. The minimum Gasteiger partial charge on any atom is -0.322 e. The first-order valence-electron chi connectivity index (χ1n) is 6.98. The van der Waals surface area contributed by atoms with Crippen molar-refractivity contribution in [1.82, 2.24) is 9.97 Å². The van der Waals surface area contributed by atoms with Gasteiger partial charge in [0.05, 0.1) is 5.56 Å². The van der Waals surface area contributed by atoms with E-state index < -0.39 is 0 Å². The van der Waals surface area contributed by atoms with E-state index in [1.54, 1.807) is 48.9 Å². The lowest BCUT2D eigenvalue weighted by Gasteiger charge is -2.07. The largest absolute Gasteiger partial charge is 0.322 e. The lowest BCUT2D eigenvalue weighted by atomic mass is 10.0. The van der Waals surface area contributed by atoms with Crippen molar-refractivity contribution in [2.45, 2.75) is 0 Å². The molecule has 2 aromatic heterocycles. The van der Waals surface area contributed by atoms with Crippen LogP contribution in [0.15, 0.2) is 67.3 Å². The first kappa shape index (κ1) is 14.6. The van der Waals surface area contributed by atoms with Crippen LogP contribution in [0.5, 0.6) is 0 Å². The van der Waals surface area contributed by atoms with E-state index in [-0.39, 0.29) is 5.91 Å². The molecule has 0 fully saturated rings. The molecule has 0 bridgehead atoms. The van der Waals surface area contributed by atoms with Gasteiger partial charge in [-0.05, 0) is 23.8 Å². The predicted molar refractivity (Wildman–Crippen MR) is 87.3 cm³/mol. The van der Waals surface area contributed by atoms with E-state index in [4.69, 9.17) is 0 Å². The third kappa shape index (κ3) is 3.47. The van der Waals surface area contributed by atoms with Crippen molar-refractivity contribution in [1.29, 1.82) is 0 Å². The Bertz CT molecular complexity index is 830. The summed E-state index contributed by atoms with van der Waals surface area (Å²) in [6, 6.07) is 12.3. The van der Waals surface area contributed by atoms with Crippen LogP contribution < -0.4 is 5.32 Å². The van der Waals surface area contributed by atoms with Crippen molar-refractivity contribution in [3.05, 3.63) is 78.4 Å². The summed E-state index contributed by atoms with van der Waals surface area (Å²) in [5.41, 5.74) is 3.43. The van der Waals surface area contributed by atoms with Gasteiger partial charge in [0.25, 0.3) is 5.91 Å². The van der Waals surface area contributed by atoms with Crippen molar-refractivity contribution in [3.63, 3.8) is 0 Å². The number of aromatic nitrogens is 2.